The molecule has 2 aromatic carbocycles. The number of anilines is 2. The third kappa shape index (κ3) is 4.33. The molecule has 1 N–H and O–H groups in total. The fourth-order valence-electron chi connectivity index (χ4n) is 3.31. The lowest BCUT2D eigenvalue weighted by atomic mass is 10.1. The van der Waals surface area contributed by atoms with Crippen LogP contribution >= 0.6 is 0 Å². The quantitative estimate of drug-likeness (QED) is 0.599. The first-order chi connectivity index (χ1) is 13.5. The van der Waals surface area contributed by atoms with Crippen LogP contribution in [0.2, 0.25) is 0 Å². The van der Waals surface area contributed by atoms with E-state index in [1.807, 2.05) is 0 Å². The van der Waals surface area contributed by atoms with E-state index < -0.39 is 10.8 Å². The number of amides is 1. The van der Waals surface area contributed by atoms with Crippen molar-refractivity contribution >= 4 is 23.0 Å². The van der Waals surface area contributed by atoms with Gasteiger partial charge in [-0.05, 0) is 25.3 Å². The molecule has 0 radical (unpaired) electrons. The minimum Gasteiger partial charge on any atom is -0.497 e. The molecule has 8 heteroatoms. The SMILES string of the molecule is COc1cc(NC(=O)c2cc([N+](=O)[O-])ccc2N2CCCCC2)cc(OC)c1. The van der Waals surface area contributed by atoms with Crippen molar-refractivity contribution in [3.05, 3.63) is 52.1 Å². The van der Waals surface area contributed by atoms with E-state index in [0.29, 0.717) is 22.9 Å². The van der Waals surface area contributed by atoms with Crippen LogP contribution < -0.4 is 19.7 Å². The lowest BCUT2D eigenvalue weighted by Gasteiger charge is -2.30. The summed E-state index contributed by atoms with van der Waals surface area (Å²) in [5, 5.41) is 14.0. The Bertz CT molecular complexity index is 856. The summed E-state index contributed by atoms with van der Waals surface area (Å²) in [4.78, 5) is 25.8. The topological polar surface area (TPSA) is 93.9 Å². The number of carbonyl (C=O) groups excluding carboxylic acids is 1. The maximum absolute atomic E-state index is 13.0. The van der Waals surface area contributed by atoms with Crippen molar-refractivity contribution in [2.24, 2.45) is 0 Å². The highest BCUT2D eigenvalue weighted by Gasteiger charge is 2.22. The molecule has 0 aromatic heterocycles. The van der Waals surface area contributed by atoms with Crippen molar-refractivity contribution < 1.29 is 19.2 Å². The van der Waals surface area contributed by atoms with Gasteiger partial charge in [0.15, 0.2) is 0 Å². The number of nitro benzene ring substituents is 1. The van der Waals surface area contributed by atoms with Gasteiger partial charge in [0.1, 0.15) is 11.5 Å². The second-order valence-electron chi connectivity index (χ2n) is 6.56. The van der Waals surface area contributed by atoms with E-state index >= 15 is 0 Å². The Kier molecular flexibility index (Phi) is 5.98. The number of non-ortho nitro benzene ring substituents is 1. The lowest BCUT2D eigenvalue weighted by molar-refractivity contribution is -0.384. The fraction of sp³-hybridized carbons (Fsp3) is 0.350. The Labute approximate surface area is 163 Å². The molecule has 1 aliphatic rings. The number of hydrogen-bond acceptors (Lipinski definition) is 6. The average Bonchev–Trinajstić information content (AvgIpc) is 2.73. The van der Waals surface area contributed by atoms with Crippen molar-refractivity contribution in [3.63, 3.8) is 0 Å². The highest BCUT2D eigenvalue weighted by atomic mass is 16.6. The van der Waals surface area contributed by atoms with E-state index in [1.165, 1.54) is 26.4 Å². The van der Waals surface area contributed by atoms with Gasteiger partial charge in [-0.2, -0.15) is 0 Å². The van der Waals surface area contributed by atoms with Gasteiger partial charge in [-0.3, -0.25) is 14.9 Å². The third-order valence-electron chi connectivity index (χ3n) is 4.74. The maximum atomic E-state index is 13.0. The molecule has 8 nitrogen and oxygen atoms in total. The Hall–Kier alpha value is -3.29. The molecule has 28 heavy (non-hydrogen) atoms. The van der Waals surface area contributed by atoms with Gasteiger partial charge in [0, 0.05) is 49.1 Å². The first-order valence-corrected chi connectivity index (χ1v) is 9.09. The van der Waals surface area contributed by atoms with Gasteiger partial charge in [0.25, 0.3) is 11.6 Å². The predicted octanol–water partition coefficient (Wildman–Crippen LogP) is 3.85. The van der Waals surface area contributed by atoms with Crippen molar-refractivity contribution in [1.82, 2.24) is 0 Å². The molecule has 1 fully saturated rings. The predicted molar refractivity (Wildman–Crippen MR) is 107 cm³/mol. The van der Waals surface area contributed by atoms with Crippen molar-refractivity contribution in [2.75, 3.05) is 37.5 Å². The molecule has 3 rings (SSSR count). The monoisotopic (exact) mass is 385 g/mol. The maximum Gasteiger partial charge on any atom is 0.270 e. The zero-order valence-corrected chi connectivity index (χ0v) is 15.9. The first-order valence-electron chi connectivity index (χ1n) is 9.09. The van der Waals surface area contributed by atoms with Crippen LogP contribution in [0.3, 0.4) is 0 Å². The molecule has 0 bridgehead atoms. The molecule has 0 spiro atoms. The number of benzene rings is 2. The van der Waals surface area contributed by atoms with E-state index in [1.54, 1.807) is 24.3 Å². The summed E-state index contributed by atoms with van der Waals surface area (Å²) >= 11 is 0. The van der Waals surface area contributed by atoms with Crippen LogP contribution in [0.1, 0.15) is 29.6 Å². The number of methoxy groups -OCH3 is 2. The van der Waals surface area contributed by atoms with Crippen molar-refractivity contribution in [2.45, 2.75) is 19.3 Å². The summed E-state index contributed by atoms with van der Waals surface area (Å²) in [6, 6.07) is 9.45. The molecule has 2 aromatic rings. The number of piperidine rings is 1. The van der Waals surface area contributed by atoms with Crippen LogP contribution in [-0.4, -0.2) is 38.1 Å². The van der Waals surface area contributed by atoms with Gasteiger partial charge >= 0.3 is 0 Å². The highest BCUT2D eigenvalue weighted by molar-refractivity contribution is 6.08. The fourth-order valence-corrected chi connectivity index (χ4v) is 3.31. The van der Waals surface area contributed by atoms with E-state index in [0.717, 1.165) is 32.4 Å². The van der Waals surface area contributed by atoms with Crippen LogP contribution in [0.5, 0.6) is 11.5 Å². The standard InChI is InChI=1S/C20H23N3O5/c1-27-16-10-14(11-17(13-16)28-2)21-20(24)18-12-15(23(25)26)6-7-19(18)22-8-4-3-5-9-22/h6-7,10-13H,3-5,8-9H2,1-2H3,(H,21,24). The molecule has 1 heterocycles. The van der Waals surface area contributed by atoms with Crippen LogP contribution in [0.4, 0.5) is 17.1 Å². The molecule has 0 saturated carbocycles. The molecule has 1 amide bonds. The Morgan fingerprint density at radius 3 is 2.25 bits per heavy atom. The van der Waals surface area contributed by atoms with Gasteiger partial charge in [0.05, 0.1) is 30.4 Å². The van der Waals surface area contributed by atoms with Crippen molar-refractivity contribution in [1.29, 1.82) is 0 Å². The summed E-state index contributed by atoms with van der Waals surface area (Å²) in [5.41, 5.74) is 1.35. The van der Waals surface area contributed by atoms with E-state index in [4.69, 9.17) is 9.47 Å². The number of nitrogens with zero attached hydrogens (tertiary/aromatic N) is 2. The summed E-state index contributed by atoms with van der Waals surface area (Å²) < 4.78 is 10.5. The number of hydrogen-bond donors (Lipinski definition) is 1. The number of nitro groups is 1. The zero-order valence-electron chi connectivity index (χ0n) is 15.9. The molecule has 0 aliphatic carbocycles. The van der Waals surface area contributed by atoms with Crippen LogP contribution in [0.15, 0.2) is 36.4 Å². The van der Waals surface area contributed by atoms with Gasteiger partial charge in [-0.15, -0.1) is 0 Å². The molecular weight excluding hydrogens is 362 g/mol. The molecule has 1 saturated heterocycles. The van der Waals surface area contributed by atoms with E-state index in [-0.39, 0.29) is 11.3 Å². The van der Waals surface area contributed by atoms with Crippen LogP contribution in [0, 0.1) is 10.1 Å². The normalized spacial score (nSPS) is 13.7. The largest absolute Gasteiger partial charge is 0.497 e. The van der Waals surface area contributed by atoms with Gasteiger partial charge < -0.3 is 19.7 Å². The molecular formula is C20H23N3O5. The summed E-state index contributed by atoms with van der Waals surface area (Å²) in [7, 11) is 3.05. The minimum absolute atomic E-state index is 0.117. The molecule has 148 valence electrons. The summed E-state index contributed by atoms with van der Waals surface area (Å²) in [5.74, 6) is 0.648. The first kappa shape index (κ1) is 19.5. The van der Waals surface area contributed by atoms with E-state index in [9.17, 15) is 14.9 Å². The average molecular weight is 385 g/mol. The Morgan fingerprint density at radius 2 is 1.68 bits per heavy atom. The van der Waals surface area contributed by atoms with Crippen LogP contribution in [0.25, 0.3) is 0 Å². The number of ether oxygens (including phenoxy) is 2. The number of nitrogens with one attached hydrogen (secondary N) is 1. The lowest BCUT2D eigenvalue weighted by Crippen LogP contribution is -2.31. The Balaban J connectivity index is 1.95. The number of carbonyl (C=O) groups is 1. The van der Waals surface area contributed by atoms with Gasteiger partial charge in [-0.25, -0.2) is 0 Å². The van der Waals surface area contributed by atoms with Gasteiger partial charge in [0.2, 0.25) is 0 Å². The minimum atomic E-state index is -0.495. The number of rotatable bonds is 6. The van der Waals surface area contributed by atoms with Crippen molar-refractivity contribution in [3.8, 4) is 11.5 Å². The second kappa shape index (κ2) is 8.60. The summed E-state index contributed by atoms with van der Waals surface area (Å²) in [6.45, 7) is 1.65. The van der Waals surface area contributed by atoms with E-state index in [2.05, 4.69) is 10.2 Å². The molecule has 0 atom stereocenters. The van der Waals surface area contributed by atoms with Gasteiger partial charge in [-0.1, -0.05) is 0 Å². The molecule has 0 unspecified atom stereocenters. The van der Waals surface area contributed by atoms with Crippen LogP contribution in [-0.2, 0) is 0 Å². The third-order valence-corrected chi connectivity index (χ3v) is 4.74. The smallest absolute Gasteiger partial charge is 0.270 e. The summed E-state index contributed by atoms with van der Waals surface area (Å²) in [6.07, 6.45) is 3.21. The Morgan fingerprint density at radius 1 is 1.04 bits per heavy atom. The molecule has 1 aliphatic heterocycles. The zero-order chi connectivity index (χ0) is 20.1. The highest BCUT2D eigenvalue weighted by Crippen LogP contribution is 2.30. The second-order valence-corrected chi connectivity index (χ2v) is 6.56.